The summed E-state index contributed by atoms with van der Waals surface area (Å²) in [5, 5.41) is 16.6. The maximum absolute atomic E-state index is 14.5. The lowest BCUT2D eigenvalue weighted by atomic mass is 9.85. The van der Waals surface area contributed by atoms with E-state index in [1.54, 1.807) is 0 Å². The lowest BCUT2D eigenvalue weighted by molar-refractivity contribution is -0.167. The maximum Gasteiger partial charge on any atom is 0.240 e. The summed E-state index contributed by atoms with van der Waals surface area (Å²) in [5.74, 6) is 2.35. The van der Waals surface area contributed by atoms with Crippen LogP contribution in [0.3, 0.4) is 0 Å². The van der Waals surface area contributed by atoms with Crippen molar-refractivity contribution >= 4 is 16.8 Å². The quantitative estimate of drug-likeness (QED) is 0.191. The Kier molecular flexibility index (Phi) is 9.66. The molecule has 1 unspecified atom stereocenters. The number of nitrogens with one attached hydrogen (secondary N) is 2. The molecule has 11 heteroatoms. The number of benzene rings is 3. The number of ether oxygens (including phenoxy) is 4. The van der Waals surface area contributed by atoms with Gasteiger partial charge in [0.25, 0.3) is 0 Å². The lowest BCUT2D eigenvalue weighted by Crippen LogP contribution is -2.66. The van der Waals surface area contributed by atoms with Crippen molar-refractivity contribution in [2.45, 2.75) is 57.1 Å². The first-order valence-corrected chi connectivity index (χ1v) is 18.0. The number of piperazine rings is 1. The van der Waals surface area contributed by atoms with Crippen molar-refractivity contribution in [2.24, 2.45) is 0 Å². The van der Waals surface area contributed by atoms with Gasteiger partial charge in [0.05, 0.1) is 31.8 Å². The minimum Gasteiger partial charge on any atom is -0.492 e. The van der Waals surface area contributed by atoms with E-state index in [1.807, 2.05) is 52.3 Å². The molecule has 0 radical (unpaired) electrons. The van der Waals surface area contributed by atoms with Gasteiger partial charge in [-0.15, -0.1) is 0 Å². The van der Waals surface area contributed by atoms with Crippen LogP contribution in [0.2, 0.25) is 0 Å². The smallest absolute Gasteiger partial charge is 0.240 e. The van der Waals surface area contributed by atoms with E-state index in [-0.39, 0.29) is 31.3 Å². The number of hydrogen-bond acceptors (Lipinski definition) is 9. The lowest BCUT2D eigenvalue weighted by Gasteiger charge is -2.51. The predicted molar refractivity (Wildman–Crippen MR) is 189 cm³/mol. The highest BCUT2D eigenvalue weighted by atomic mass is 16.7. The van der Waals surface area contributed by atoms with Gasteiger partial charge in [0.1, 0.15) is 18.6 Å². The SMILES string of the molecule is CC[C@@H](CCNCc1cccc(OCCN2CCOCC2)c1)N1CC(O)N2[C@H](c3ccc4c(c3)OCO4)c3[nH]c4ccccc4c3C[C@@H]2C1=O. The van der Waals surface area contributed by atoms with Crippen LogP contribution in [-0.4, -0.2) is 108 Å². The molecule has 4 aliphatic heterocycles. The molecule has 0 bridgehead atoms. The van der Waals surface area contributed by atoms with Crippen LogP contribution in [0, 0.1) is 0 Å². The van der Waals surface area contributed by atoms with Gasteiger partial charge in [-0.25, -0.2) is 0 Å². The van der Waals surface area contributed by atoms with Crippen LogP contribution >= 0.6 is 0 Å². The molecule has 11 nitrogen and oxygen atoms in total. The average Bonchev–Trinajstić information content (AvgIpc) is 3.77. The van der Waals surface area contributed by atoms with Gasteiger partial charge in [0.15, 0.2) is 11.5 Å². The van der Waals surface area contributed by atoms with E-state index in [1.165, 1.54) is 0 Å². The van der Waals surface area contributed by atoms with E-state index in [0.29, 0.717) is 31.1 Å². The monoisotopic (exact) mass is 681 g/mol. The molecular weight excluding hydrogens is 634 g/mol. The summed E-state index contributed by atoms with van der Waals surface area (Å²) in [7, 11) is 0. The number of carbonyl (C=O) groups excluding carboxylic acids is 1. The van der Waals surface area contributed by atoms with Crippen LogP contribution in [0.5, 0.6) is 17.2 Å². The fraction of sp³-hybridized carbons (Fsp3) is 0.462. The summed E-state index contributed by atoms with van der Waals surface area (Å²) in [4.78, 5) is 24.5. The molecule has 2 saturated heterocycles. The second-order valence-electron chi connectivity index (χ2n) is 13.7. The van der Waals surface area contributed by atoms with E-state index in [9.17, 15) is 9.90 Å². The first-order chi connectivity index (χ1) is 24.6. The van der Waals surface area contributed by atoms with E-state index < -0.39 is 12.3 Å². The van der Waals surface area contributed by atoms with Gasteiger partial charge in [-0.05, 0) is 72.8 Å². The zero-order chi connectivity index (χ0) is 34.0. The maximum atomic E-state index is 14.5. The first-order valence-electron chi connectivity index (χ1n) is 18.0. The van der Waals surface area contributed by atoms with Crippen molar-refractivity contribution in [1.29, 1.82) is 0 Å². The molecule has 2 fully saturated rings. The molecule has 5 heterocycles. The van der Waals surface area contributed by atoms with Crippen LogP contribution in [0.15, 0.2) is 66.7 Å². The molecule has 3 aromatic carbocycles. The number of hydrogen-bond donors (Lipinski definition) is 3. The Hall–Kier alpha value is -4.13. The van der Waals surface area contributed by atoms with Crippen molar-refractivity contribution < 1.29 is 28.8 Å². The van der Waals surface area contributed by atoms with Gasteiger partial charge in [-0.1, -0.05) is 43.3 Å². The summed E-state index contributed by atoms with van der Waals surface area (Å²) in [6.07, 6.45) is 1.30. The van der Waals surface area contributed by atoms with Gasteiger partial charge in [0, 0.05) is 48.8 Å². The summed E-state index contributed by atoms with van der Waals surface area (Å²) in [5.41, 5.74) is 5.30. The summed E-state index contributed by atoms with van der Waals surface area (Å²) < 4.78 is 22.8. The van der Waals surface area contributed by atoms with Crippen LogP contribution in [-0.2, 0) is 22.5 Å². The third-order valence-electron chi connectivity index (χ3n) is 10.7. The number of fused-ring (bicyclic) bond motifs is 5. The number of rotatable bonds is 12. The minimum atomic E-state index is -0.833. The van der Waals surface area contributed by atoms with Gasteiger partial charge in [0.2, 0.25) is 12.7 Å². The molecule has 0 saturated carbocycles. The normalized spacial score (nSPS) is 22.8. The highest BCUT2D eigenvalue weighted by Crippen LogP contribution is 2.46. The number of aromatic amines is 1. The van der Waals surface area contributed by atoms with Crippen molar-refractivity contribution in [3.8, 4) is 17.2 Å². The average molecular weight is 682 g/mol. The number of morpholine rings is 1. The molecule has 264 valence electrons. The van der Waals surface area contributed by atoms with Crippen molar-refractivity contribution in [3.05, 3.63) is 89.1 Å². The molecule has 8 rings (SSSR count). The van der Waals surface area contributed by atoms with Crippen LogP contribution in [0.1, 0.15) is 48.2 Å². The van der Waals surface area contributed by atoms with Crippen molar-refractivity contribution in [2.75, 3.05) is 59.3 Å². The number of para-hydroxylation sites is 1. The van der Waals surface area contributed by atoms with Gasteiger partial charge in [-0.3, -0.25) is 14.6 Å². The topological polar surface area (TPSA) is 112 Å². The Morgan fingerprint density at radius 1 is 1.04 bits per heavy atom. The number of aliphatic hydroxyl groups is 1. The fourth-order valence-electron chi connectivity index (χ4n) is 8.14. The molecule has 1 amide bonds. The zero-order valence-corrected chi connectivity index (χ0v) is 28.7. The third-order valence-corrected chi connectivity index (χ3v) is 10.7. The number of β-amino-alcohol motifs (C(OH)–C–C–N with tert-alkyl or cyclic N) is 1. The Labute approximate surface area is 293 Å². The van der Waals surface area contributed by atoms with Crippen LogP contribution in [0.25, 0.3) is 10.9 Å². The largest absolute Gasteiger partial charge is 0.492 e. The van der Waals surface area contributed by atoms with E-state index >= 15 is 0 Å². The Morgan fingerprint density at radius 3 is 2.78 bits per heavy atom. The molecule has 3 N–H and O–H groups in total. The van der Waals surface area contributed by atoms with Crippen LogP contribution < -0.4 is 19.5 Å². The number of aromatic nitrogens is 1. The summed E-state index contributed by atoms with van der Waals surface area (Å²) >= 11 is 0. The highest BCUT2D eigenvalue weighted by molar-refractivity contribution is 5.89. The minimum absolute atomic E-state index is 0.00927. The fourth-order valence-corrected chi connectivity index (χ4v) is 8.14. The Balaban J connectivity index is 0.937. The molecule has 4 aliphatic rings. The molecule has 50 heavy (non-hydrogen) atoms. The number of H-pyrrole nitrogens is 1. The third kappa shape index (κ3) is 6.56. The molecule has 4 atom stereocenters. The number of amides is 1. The van der Waals surface area contributed by atoms with Gasteiger partial charge < -0.3 is 39.3 Å². The highest BCUT2D eigenvalue weighted by Gasteiger charge is 2.49. The molecule has 0 aliphatic carbocycles. The van der Waals surface area contributed by atoms with Gasteiger partial charge in [-0.2, -0.15) is 0 Å². The van der Waals surface area contributed by atoms with Crippen LogP contribution in [0.4, 0.5) is 0 Å². The molecular formula is C39H47N5O6. The van der Waals surface area contributed by atoms with Gasteiger partial charge >= 0.3 is 0 Å². The molecule has 0 spiro atoms. The number of nitrogens with zero attached hydrogens (tertiary/aromatic N) is 3. The Morgan fingerprint density at radius 2 is 1.90 bits per heavy atom. The summed E-state index contributed by atoms with van der Waals surface area (Å²) in [6, 6.07) is 21.6. The standard InChI is InChI=1S/C39H47N5O6/c1-2-28(12-13-40-23-26-6-5-7-29(20-26)48-19-16-42-14-17-47-18-15-42)43-24-36(45)44-33(39(43)46)22-31-30-8-3-4-9-32(30)41-37(31)38(44)27-10-11-34-35(21-27)50-25-49-34/h3-11,20-21,28,33,36,38,40-41,45H,2,12-19,22-25H2,1H3/t28-,33+,36?,38+/m0/s1. The Bertz CT molecular complexity index is 1810. The first kappa shape index (κ1) is 33.0. The van der Waals surface area contributed by atoms with Crippen molar-refractivity contribution in [1.82, 2.24) is 25.0 Å². The number of carbonyl (C=O) groups is 1. The zero-order valence-electron chi connectivity index (χ0n) is 28.7. The summed E-state index contributed by atoms with van der Waals surface area (Å²) in [6.45, 7) is 9.09. The number of aliphatic hydroxyl groups excluding tert-OH is 1. The van der Waals surface area contributed by atoms with Crippen molar-refractivity contribution in [3.63, 3.8) is 0 Å². The van der Waals surface area contributed by atoms with E-state index in [4.69, 9.17) is 18.9 Å². The molecule has 4 aromatic rings. The van der Waals surface area contributed by atoms with E-state index in [0.717, 1.165) is 91.3 Å². The second-order valence-corrected chi connectivity index (χ2v) is 13.7. The molecule has 1 aromatic heterocycles. The van der Waals surface area contributed by atoms with E-state index in [2.05, 4.69) is 46.4 Å². The predicted octanol–water partition coefficient (Wildman–Crippen LogP) is 4.04. The second kappa shape index (κ2) is 14.6.